The van der Waals surface area contributed by atoms with E-state index >= 15 is 0 Å². The van der Waals surface area contributed by atoms with Crippen molar-refractivity contribution in [1.82, 2.24) is 10.2 Å². The molecular weight excluding hydrogens is 301 g/mol. The number of alkyl halides is 3. The van der Waals surface area contributed by atoms with Crippen LogP contribution in [-0.2, 0) is 9.53 Å². The van der Waals surface area contributed by atoms with Crippen LogP contribution in [0.2, 0.25) is 0 Å². The van der Waals surface area contributed by atoms with Gasteiger partial charge in [0.2, 0.25) is 0 Å². The van der Waals surface area contributed by atoms with Gasteiger partial charge in [0.15, 0.2) is 0 Å². The van der Waals surface area contributed by atoms with Crippen molar-refractivity contribution in [3.05, 3.63) is 11.6 Å². The lowest BCUT2D eigenvalue weighted by Crippen LogP contribution is -2.53. The molecule has 0 aromatic rings. The summed E-state index contributed by atoms with van der Waals surface area (Å²) in [5.74, 6) is -1.91. The summed E-state index contributed by atoms with van der Waals surface area (Å²) in [6.07, 6.45) is -3.55. The molecular formula is C14H21F3N2O3. The van der Waals surface area contributed by atoms with Gasteiger partial charge in [0.05, 0.1) is 6.04 Å². The maximum atomic E-state index is 12.5. The van der Waals surface area contributed by atoms with E-state index < -0.39 is 29.8 Å². The minimum absolute atomic E-state index is 0.117. The van der Waals surface area contributed by atoms with E-state index in [9.17, 15) is 22.8 Å². The molecule has 1 heterocycles. The van der Waals surface area contributed by atoms with Crippen LogP contribution in [0, 0.1) is 0 Å². The molecule has 0 unspecified atom stereocenters. The summed E-state index contributed by atoms with van der Waals surface area (Å²) in [6.45, 7) is 6.54. The molecule has 0 spiro atoms. The van der Waals surface area contributed by atoms with Crippen LogP contribution in [0.25, 0.3) is 0 Å². The van der Waals surface area contributed by atoms with Crippen LogP contribution in [-0.4, -0.2) is 47.8 Å². The molecule has 1 N–H and O–H groups in total. The van der Waals surface area contributed by atoms with Crippen molar-refractivity contribution in [3.8, 4) is 0 Å². The van der Waals surface area contributed by atoms with Crippen molar-refractivity contribution in [3.63, 3.8) is 0 Å². The Morgan fingerprint density at radius 1 is 1.36 bits per heavy atom. The number of nitrogens with one attached hydrogen (secondary N) is 1. The molecule has 0 fully saturated rings. The number of halogens is 3. The summed E-state index contributed by atoms with van der Waals surface area (Å²) >= 11 is 0. The second-order valence-electron chi connectivity index (χ2n) is 6.04. The summed E-state index contributed by atoms with van der Waals surface area (Å²) < 4.78 is 42.6. The quantitative estimate of drug-likeness (QED) is 0.795. The van der Waals surface area contributed by atoms with Gasteiger partial charge in [0, 0.05) is 13.1 Å². The van der Waals surface area contributed by atoms with Gasteiger partial charge in [-0.05, 0) is 32.8 Å². The summed E-state index contributed by atoms with van der Waals surface area (Å²) in [5, 5.41) is 2.52. The molecule has 5 nitrogen and oxygen atoms in total. The van der Waals surface area contributed by atoms with E-state index in [0.717, 1.165) is 5.57 Å². The molecule has 1 rings (SSSR count). The van der Waals surface area contributed by atoms with Gasteiger partial charge in [-0.25, -0.2) is 4.79 Å². The number of rotatable bonds is 2. The minimum Gasteiger partial charge on any atom is -0.444 e. The highest BCUT2D eigenvalue weighted by molar-refractivity contribution is 5.82. The zero-order valence-electron chi connectivity index (χ0n) is 13.1. The van der Waals surface area contributed by atoms with Gasteiger partial charge in [-0.15, -0.1) is 0 Å². The van der Waals surface area contributed by atoms with Crippen LogP contribution in [0.4, 0.5) is 18.0 Å². The van der Waals surface area contributed by atoms with E-state index in [1.807, 2.05) is 6.92 Å². The van der Waals surface area contributed by atoms with Gasteiger partial charge in [-0.2, -0.15) is 13.2 Å². The van der Waals surface area contributed by atoms with E-state index in [-0.39, 0.29) is 13.1 Å². The van der Waals surface area contributed by atoms with Crippen molar-refractivity contribution < 1.29 is 27.5 Å². The molecule has 8 heteroatoms. The van der Waals surface area contributed by atoms with Crippen molar-refractivity contribution in [2.45, 2.75) is 51.9 Å². The highest BCUT2D eigenvalue weighted by Gasteiger charge is 2.43. The Hall–Kier alpha value is -1.73. The first-order valence-electron chi connectivity index (χ1n) is 6.98. The predicted molar refractivity (Wildman–Crippen MR) is 74.2 cm³/mol. The van der Waals surface area contributed by atoms with Gasteiger partial charge in [0.25, 0.3) is 0 Å². The monoisotopic (exact) mass is 322 g/mol. The average molecular weight is 322 g/mol. The minimum atomic E-state index is -4.92. The van der Waals surface area contributed by atoms with Gasteiger partial charge in [-0.1, -0.05) is 13.0 Å². The average Bonchev–Trinajstić information content (AvgIpc) is 2.34. The predicted octanol–water partition coefficient (Wildman–Crippen LogP) is 2.62. The Labute approximate surface area is 127 Å². The number of carbonyl (C=O) groups excluding carboxylic acids is 2. The van der Waals surface area contributed by atoms with Crippen LogP contribution in [0.15, 0.2) is 11.6 Å². The third-order valence-corrected chi connectivity index (χ3v) is 3.05. The van der Waals surface area contributed by atoms with E-state index in [0.29, 0.717) is 11.3 Å². The third-order valence-electron chi connectivity index (χ3n) is 3.05. The molecule has 0 radical (unpaired) electrons. The van der Waals surface area contributed by atoms with E-state index in [1.165, 1.54) is 6.08 Å². The van der Waals surface area contributed by atoms with Gasteiger partial charge in [0.1, 0.15) is 5.60 Å². The van der Waals surface area contributed by atoms with Crippen LogP contribution in [0.5, 0.6) is 0 Å². The smallest absolute Gasteiger partial charge is 0.444 e. The van der Waals surface area contributed by atoms with Crippen molar-refractivity contribution in [2.24, 2.45) is 0 Å². The molecule has 0 saturated heterocycles. The molecule has 22 heavy (non-hydrogen) atoms. The van der Waals surface area contributed by atoms with Crippen molar-refractivity contribution in [2.75, 3.05) is 13.1 Å². The molecule has 0 saturated carbocycles. The number of amides is 2. The number of carbonyl (C=O) groups is 2. The number of hydrogen-bond acceptors (Lipinski definition) is 3. The van der Waals surface area contributed by atoms with Crippen LogP contribution >= 0.6 is 0 Å². The zero-order chi connectivity index (χ0) is 17.1. The van der Waals surface area contributed by atoms with E-state index in [2.05, 4.69) is 5.32 Å². The largest absolute Gasteiger partial charge is 0.471 e. The van der Waals surface area contributed by atoms with Crippen molar-refractivity contribution >= 4 is 12.0 Å². The molecule has 2 amide bonds. The maximum absolute atomic E-state index is 12.5. The fourth-order valence-electron chi connectivity index (χ4n) is 2.11. The maximum Gasteiger partial charge on any atom is 0.471 e. The van der Waals surface area contributed by atoms with E-state index in [1.54, 1.807) is 20.8 Å². The molecule has 0 aromatic carbocycles. The van der Waals surface area contributed by atoms with Gasteiger partial charge in [-0.3, -0.25) is 4.79 Å². The second kappa shape index (κ2) is 6.58. The lowest BCUT2D eigenvalue weighted by Gasteiger charge is -2.34. The van der Waals surface area contributed by atoms with E-state index in [4.69, 9.17) is 4.74 Å². The summed E-state index contributed by atoms with van der Waals surface area (Å²) in [6, 6.07) is -0.681. The van der Waals surface area contributed by atoms with Crippen LogP contribution in [0.1, 0.15) is 34.1 Å². The number of hydrogen-bond donors (Lipinski definition) is 1. The Bertz CT molecular complexity index is 467. The third kappa shape index (κ3) is 5.23. The second-order valence-corrected chi connectivity index (χ2v) is 6.04. The normalized spacial score (nSPS) is 19.5. The van der Waals surface area contributed by atoms with Crippen molar-refractivity contribution in [1.29, 1.82) is 0 Å². The Balaban J connectivity index is 2.79. The number of alkyl carbamates (subject to hydrolysis) is 1. The van der Waals surface area contributed by atoms with Gasteiger partial charge >= 0.3 is 18.2 Å². The first-order valence-corrected chi connectivity index (χ1v) is 6.98. The molecule has 1 aliphatic heterocycles. The molecule has 1 aliphatic rings. The SMILES string of the molecule is CCC1=CCN(C(=O)C(F)(F)F)C[C@H]1NC(=O)OC(C)(C)C. The topological polar surface area (TPSA) is 58.6 Å². The Kier molecular flexibility index (Phi) is 5.48. The number of ether oxygens (including phenoxy) is 1. The lowest BCUT2D eigenvalue weighted by molar-refractivity contribution is -0.185. The summed E-state index contributed by atoms with van der Waals surface area (Å²) in [5.41, 5.74) is 0.0631. The fourth-order valence-corrected chi connectivity index (χ4v) is 2.11. The number of nitrogens with zero attached hydrogens (tertiary/aromatic N) is 1. The Morgan fingerprint density at radius 3 is 2.41 bits per heavy atom. The van der Waals surface area contributed by atoms with Crippen LogP contribution < -0.4 is 5.32 Å². The molecule has 0 aromatic heterocycles. The highest BCUT2D eigenvalue weighted by Crippen LogP contribution is 2.22. The molecule has 0 bridgehead atoms. The standard InChI is InChI=1S/C14H21F3N2O3/c1-5-9-6-7-19(11(20)14(15,16)17)8-10(9)18-12(21)22-13(2,3)4/h6,10H,5,7-8H2,1-4H3,(H,18,21)/t10-/m1/s1. The highest BCUT2D eigenvalue weighted by atomic mass is 19.4. The van der Waals surface area contributed by atoms with Crippen LogP contribution in [0.3, 0.4) is 0 Å². The molecule has 1 atom stereocenters. The first kappa shape index (κ1) is 18.3. The summed E-state index contributed by atoms with van der Waals surface area (Å²) in [4.78, 5) is 23.7. The molecule has 126 valence electrons. The fraction of sp³-hybridized carbons (Fsp3) is 0.714. The first-order chi connectivity index (χ1) is 9.94. The Morgan fingerprint density at radius 2 is 1.95 bits per heavy atom. The van der Waals surface area contributed by atoms with Gasteiger partial charge < -0.3 is 15.0 Å². The molecule has 0 aliphatic carbocycles. The zero-order valence-corrected chi connectivity index (χ0v) is 13.1. The summed E-state index contributed by atoms with van der Waals surface area (Å²) in [7, 11) is 0. The lowest BCUT2D eigenvalue weighted by atomic mass is 10.00.